The van der Waals surface area contributed by atoms with Crippen LogP contribution in [-0.4, -0.2) is 33.6 Å². The molecule has 1 atom stereocenters. The van der Waals surface area contributed by atoms with Gasteiger partial charge in [0.2, 0.25) is 5.95 Å². The number of carboxylic acids is 1. The van der Waals surface area contributed by atoms with E-state index in [-0.39, 0.29) is 0 Å². The van der Waals surface area contributed by atoms with Crippen LogP contribution in [0.25, 0.3) is 0 Å². The van der Waals surface area contributed by atoms with Crippen molar-refractivity contribution in [3.63, 3.8) is 0 Å². The zero-order valence-corrected chi connectivity index (χ0v) is 12.7. The summed E-state index contributed by atoms with van der Waals surface area (Å²) in [6, 6.07) is 9.75. The van der Waals surface area contributed by atoms with Crippen LogP contribution in [0, 0.1) is 0 Å². The van der Waals surface area contributed by atoms with E-state index in [2.05, 4.69) is 39.1 Å². The predicted octanol–water partition coefficient (Wildman–Crippen LogP) is 2.05. The molecule has 3 heterocycles. The highest BCUT2D eigenvalue weighted by Crippen LogP contribution is 2.29. The highest BCUT2D eigenvalue weighted by molar-refractivity contribution is 5.78. The van der Waals surface area contributed by atoms with Gasteiger partial charge in [0.05, 0.1) is 0 Å². The fourth-order valence-electron chi connectivity index (χ4n) is 3.41. The lowest BCUT2D eigenvalue weighted by Gasteiger charge is -2.23. The summed E-state index contributed by atoms with van der Waals surface area (Å²) in [6.45, 7) is 2.35. The first-order chi connectivity index (χ1) is 11.2. The van der Waals surface area contributed by atoms with Crippen LogP contribution in [0.5, 0.6) is 0 Å². The molecule has 2 aliphatic heterocycles. The van der Waals surface area contributed by atoms with E-state index in [0.29, 0.717) is 18.9 Å². The minimum absolute atomic E-state index is 0.513. The number of nitrogens with zero attached hydrogens (tertiary/aromatic N) is 4. The van der Waals surface area contributed by atoms with Crippen LogP contribution in [0.15, 0.2) is 36.5 Å². The number of hydrogen-bond acceptors (Lipinski definition) is 5. The molecule has 6 nitrogen and oxygen atoms in total. The van der Waals surface area contributed by atoms with Gasteiger partial charge in [-0.3, -0.25) is 0 Å². The van der Waals surface area contributed by atoms with Crippen molar-refractivity contribution in [1.29, 1.82) is 0 Å². The third kappa shape index (κ3) is 2.50. The predicted molar refractivity (Wildman–Crippen MR) is 86.4 cm³/mol. The topological polar surface area (TPSA) is 69.6 Å². The van der Waals surface area contributed by atoms with E-state index in [4.69, 9.17) is 0 Å². The van der Waals surface area contributed by atoms with E-state index in [0.717, 1.165) is 25.3 Å². The average molecular weight is 310 g/mol. The van der Waals surface area contributed by atoms with Gasteiger partial charge in [0.25, 0.3) is 0 Å². The van der Waals surface area contributed by atoms with Crippen LogP contribution in [0.4, 0.5) is 11.8 Å². The van der Waals surface area contributed by atoms with Gasteiger partial charge in [-0.2, -0.15) is 4.98 Å². The van der Waals surface area contributed by atoms with Gasteiger partial charge in [0.1, 0.15) is 11.9 Å². The number of hydrogen-bond donors (Lipinski definition) is 1. The Labute approximate surface area is 134 Å². The van der Waals surface area contributed by atoms with E-state index in [1.54, 1.807) is 11.1 Å². The molecule has 0 radical (unpaired) electrons. The Morgan fingerprint density at radius 1 is 1.17 bits per heavy atom. The lowest BCUT2D eigenvalue weighted by molar-refractivity contribution is -0.138. The first kappa shape index (κ1) is 14.0. The minimum atomic E-state index is -0.801. The van der Waals surface area contributed by atoms with Crippen molar-refractivity contribution in [1.82, 2.24) is 9.97 Å². The number of benzene rings is 1. The number of aliphatic carboxylic acids is 1. The fourth-order valence-corrected chi connectivity index (χ4v) is 3.41. The van der Waals surface area contributed by atoms with Crippen molar-refractivity contribution in [3.8, 4) is 0 Å². The van der Waals surface area contributed by atoms with Crippen molar-refractivity contribution >= 4 is 17.7 Å². The van der Waals surface area contributed by atoms with E-state index in [1.165, 1.54) is 11.1 Å². The number of aromatic nitrogens is 2. The number of carboxylic acid groups (broad SMARTS) is 1. The van der Waals surface area contributed by atoms with Gasteiger partial charge >= 0.3 is 5.97 Å². The summed E-state index contributed by atoms with van der Waals surface area (Å²) in [6.07, 6.45) is 3.23. The lowest BCUT2D eigenvalue weighted by atomic mass is 10.1. The Hall–Kier alpha value is -2.63. The van der Waals surface area contributed by atoms with Gasteiger partial charge in [-0.15, -0.1) is 0 Å². The maximum absolute atomic E-state index is 11.4. The van der Waals surface area contributed by atoms with Crippen molar-refractivity contribution in [2.75, 3.05) is 16.3 Å². The molecular weight excluding hydrogens is 292 g/mol. The summed E-state index contributed by atoms with van der Waals surface area (Å²) in [5.41, 5.74) is 2.63. The highest BCUT2D eigenvalue weighted by Gasteiger charge is 2.32. The van der Waals surface area contributed by atoms with Crippen molar-refractivity contribution in [3.05, 3.63) is 47.7 Å². The SMILES string of the molecule is O=C(O)[C@@H]1CCCN1c1nccc(N2Cc3ccccc3C2)n1. The summed E-state index contributed by atoms with van der Waals surface area (Å²) < 4.78 is 0. The van der Waals surface area contributed by atoms with Gasteiger partial charge in [-0.25, -0.2) is 9.78 Å². The van der Waals surface area contributed by atoms with Crippen molar-refractivity contribution < 1.29 is 9.90 Å². The number of carbonyl (C=O) groups is 1. The highest BCUT2D eigenvalue weighted by atomic mass is 16.4. The third-order valence-electron chi connectivity index (χ3n) is 4.59. The Morgan fingerprint density at radius 2 is 1.91 bits per heavy atom. The molecule has 23 heavy (non-hydrogen) atoms. The molecule has 0 spiro atoms. The van der Waals surface area contributed by atoms with Gasteiger partial charge in [0, 0.05) is 25.8 Å². The molecule has 1 N–H and O–H groups in total. The summed E-state index contributed by atoms with van der Waals surface area (Å²) >= 11 is 0. The zero-order valence-electron chi connectivity index (χ0n) is 12.7. The van der Waals surface area contributed by atoms with Crippen molar-refractivity contribution in [2.24, 2.45) is 0 Å². The summed E-state index contributed by atoms with van der Waals surface area (Å²) in [4.78, 5) is 24.3. The number of rotatable bonds is 3. The molecule has 1 aromatic heterocycles. The summed E-state index contributed by atoms with van der Waals surface area (Å²) in [5.74, 6) is 0.565. The molecule has 1 aromatic carbocycles. The molecule has 6 heteroatoms. The van der Waals surface area contributed by atoms with Crippen LogP contribution in [0.1, 0.15) is 24.0 Å². The van der Waals surface area contributed by atoms with E-state index < -0.39 is 12.0 Å². The van der Waals surface area contributed by atoms with Crippen LogP contribution in [0.3, 0.4) is 0 Å². The Bertz CT molecular complexity index is 724. The first-order valence-corrected chi connectivity index (χ1v) is 7.86. The second-order valence-corrected chi connectivity index (χ2v) is 6.03. The standard InChI is InChI=1S/C17H18N4O2/c22-16(23)14-6-3-9-21(14)17-18-8-7-15(19-17)20-10-12-4-1-2-5-13(12)11-20/h1-2,4-5,7-8,14H,3,6,9-11H2,(H,22,23)/t14-/m0/s1. The first-order valence-electron chi connectivity index (χ1n) is 7.86. The molecule has 4 rings (SSSR count). The summed E-state index contributed by atoms with van der Waals surface area (Å²) in [7, 11) is 0. The van der Waals surface area contributed by atoms with Crippen LogP contribution in [0.2, 0.25) is 0 Å². The lowest BCUT2D eigenvalue weighted by Crippen LogP contribution is -2.37. The second kappa shape index (κ2) is 5.53. The molecule has 0 amide bonds. The summed E-state index contributed by atoms with van der Waals surface area (Å²) in [5, 5.41) is 9.34. The molecule has 0 aliphatic carbocycles. The molecule has 1 saturated heterocycles. The molecular formula is C17H18N4O2. The molecule has 0 saturated carbocycles. The number of anilines is 2. The maximum atomic E-state index is 11.4. The molecule has 0 unspecified atom stereocenters. The van der Waals surface area contributed by atoms with E-state index >= 15 is 0 Å². The number of fused-ring (bicyclic) bond motifs is 1. The Kier molecular flexibility index (Phi) is 3.37. The van der Waals surface area contributed by atoms with E-state index in [1.807, 2.05) is 6.07 Å². The molecule has 2 aliphatic rings. The third-order valence-corrected chi connectivity index (χ3v) is 4.59. The molecule has 2 aromatic rings. The normalized spacial score (nSPS) is 19.9. The Balaban J connectivity index is 1.59. The minimum Gasteiger partial charge on any atom is -0.480 e. The fraction of sp³-hybridized carbons (Fsp3) is 0.353. The van der Waals surface area contributed by atoms with E-state index in [9.17, 15) is 9.90 Å². The van der Waals surface area contributed by atoms with Crippen molar-refractivity contribution in [2.45, 2.75) is 32.0 Å². The van der Waals surface area contributed by atoms with Gasteiger partial charge in [-0.1, -0.05) is 24.3 Å². The molecule has 118 valence electrons. The average Bonchev–Trinajstić information content (AvgIpc) is 3.21. The van der Waals surface area contributed by atoms with Gasteiger partial charge in [-0.05, 0) is 30.0 Å². The van der Waals surface area contributed by atoms with Crippen LogP contribution in [-0.2, 0) is 17.9 Å². The van der Waals surface area contributed by atoms with Gasteiger partial charge in [0.15, 0.2) is 0 Å². The smallest absolute Gasteiger partial charge is 0.326 e. The maximum Gasteiger partial charge on any atom is 0.326 e. The zero-order chi connectivity index (χ0) is 15.8. The quantitative estimate of drug-likeness (QED) is 0.935. The van der Waals surface area contributed by atoms with Gasteiger partial charge < -0.3 is 14.9 Å². The Morgan fingerprint density at radius 3 is 2.61 bits per heavy atom. The molecule has 0 bridgehead atoms. The van der Waals surface area contributed by atoms with Crippen LogP contribution >= 0.6 is 0 Å². The molecule has 1 fully saturated rings. The second-order valence-electron chi connectivity index (χ2n) is 6.03. The largest absolute Gasteiger partial charge is 0.480 e. The monoisotopic (exact) mass is 310 g/mol. The van der Waals surface area contributed by atoms with Crippen LogP contribution < -0.4 is 9.80 Å².